The molecule has 0 saturated carbocycles. The van der Waals surface area contributed by atoms with Crippen LogP contribution in [0.2, 0.25) is 5.02 Å². The first-order valence-corrected chi connectivity index (χ1v) is 6.70. The summed E-state index contributed by atoms with van der Waals surface area (Å²) in [6, 6.07) is 15.4. The molecule has 0 amide bonds. The Morgan fingerprint density at radius 3 is 2.68 bits per heavy atom. The maximum absolute atomic E-state index is 12.4. The third-order valence-electron chi connectivity index (χ3n) is 3.41. The van der Waals surface area contributed by atoms with Gasteiger partial charge in [0.15, 0.2) is 5.78 Å². The largest absolute Gasteiger partial charge is 0.289 e. The topological polar surface area (TPSA) is 17.1 Å². The van der Waals surface area contributed by atoms with Crippen molar-refractivity contribution in [2.45, 2.75) is 12.8 Å². The summed E-state index contributed by atoms with van der Waals surface area (Å²) in [6.07, 6.45) is 3.67. The zero-order valence-corrected chi connectivity index (χ0v) is 11.2. The number of rotatable bonds is 1. The molecule has 0 bridgehead atoms. The number of ketones is 1. The summed E-state index contributed by atoms with van der Waals surface area (Å²) < 4.78 is 0. The summed E-state index contributed by atoms with van der Waals surface area (Å²) in [6.45, 7) is 0. The Morgan fingerprint density at radius 1 is 1.00 bits per heavy atom. The van der Waals surface area contributed by atoms with Crippen LogP contribution in [0.15, 0.2) is 54.1 Å². The van der Waals surface area contributed by atoms with E-state index in [0.29, 0.717) is 5.02 Å². The van der Waals surface area contributed by atoms with Gasteiger partial charge in [-0.15, -0.1) is 0 Å². The lowest BCUT2D eigenvalue weighted by molar-refractivity contribution is 0.102. The highest BCUT2D eigenvalue weighted by Gasteiger charge is 2.20. The van der Waals surface area contributed by atoms with Crippen LogP contribution in [0.4, 0.5) is 0 Å². The molecule has 0 fully saturated rings. The molecule has 0 unspecified atom stereocenters. The minimum atomic E-state index is 0.141. The average Bonchev–Trinajstić information content (AvgIpc) is 2.42. The molecule has 0 radical (unpaired) electrons. The van der Waals surface area contributed by atoms with Gasteiger partial charge in [0.1, 0.15) is 0 Å². The van der Waals surface area contributed by atoms with Gasteiger partial charge in [-0.05, 0) is 42.2 Å². The summed E-state index contributed by atoms with van der Waals surface area (Å²) in [7, 11) is 0. The van der Waals surface area contributed by atoms with E-state index >= 15 is 0 Å². The van der Waals surface area contributed by atoms with Crippen LogP contribution < -0.4 is 0 Å². The predicted molar refractivity (Wildman–Crippen MR) is 78.5 cm³/mol. The lowest BCUT2D eigenvalue weighted by Gasteiger charge is -2.17. The number of benzene rings is 2. The van der Waals surface area contributed by atoms with Gasteiger partial charge in [0, 0.05) is 16.2 Å². The molecule has 1 aliphatic carbocycles. The van der Waals surface area contributed by atoms with E-state index in [4.69, 9.17) is 11.6 Å². The van der Waals surface area contributed by atoms with Gasteiger partial charge in [0.25, 0.3) is 0 Å². The van der Waals surface area contributed by atoms with Crippen molar-refractivity contribution < 1.29 is 4.79 Å². The molecule has 19 heavy (non-hydrogen) atoms. The van der Waals surface area contributed by atoms with E-state index in [1.807, 2.05) is 54.6 Å². The van der Waals surface area contributed by atoms with Gasteiger partial charge < -0.3 is 0 Å². The first kappa shape index (κ1) is 12.2. The Hall–Kier alpha value is -1.86. The van der Waals surface area contributed by atoms with Gasteiger partial charge in [-0.1, -0.05) is 48.0 Å². The maximum atomic E-state index is 12.4. The van der Waals surface area contributed by atoms with Gasteiger partial charge in [0.05, 0.1) is 0 Å². The van der Waals surface area contributed by atoms with Crippen LogP contribution in [0.3, 0.4) is 0 Å². The van der Waals surface area contributed by atoms with Crippen molar-refractivity contribution in [3.8, 4) is 0 Å². The SMILES string of the molecule is O=C1/C(=C/c2cccc(Cl)c2)CCc2ccccc21. The molecular weight excluding hydrogens is 256 g/mol. The quantitative estimate of drug-likeness (QED) is 0.694. The number of halogens is 1. The van der Waals surface area contributed by atoms with Crippen LogP contribution in [0.1, 0.15) is 27.9 Å². The van der Waals surface area contributed by atoms with Crippen molar-refractivity contribution >= 4 is 23.5 Å². The summed E-state index contributed by atoms with van der Waals surface area (Å²) in [5.74, 6) is 0.141. The fraction of sp³-hybridized carbons (Fsp3) is 0.118. The van der Waals surface area contributed by atoms with Gasteiger partial charge in [-0.3, -0.25) is 4.79 Å². The molecule has 0 aromatic heterocycles. The summed E-state index contributed by atoms with van der Waals surface area (Å²) >= 11 is 5.97. The second kappa shape index (κ2) is 5.02. The number of carbonyl (C=O) groups is 1. The molecule has 0 N–H and O–H groups in total. The molecule has 0 heterocycles. The third-order valence-corrected chi connectivity index (χ3v) is 3.64. The van der Waals surface area contributed by atoms with Crippen LogP contribution in [0.5, 0.6) is 0 Å². The van der Waals surface area contributed by atoms with Crippen molar-refractivity contribution in [2.24, 2.45) is 0 Å². The van der Waals surface area contributed by atoms with E-state index in [9.17, 15) is 4.79 Å². The lowest BCUT2D eigenvalue weighted by Crippen LogP contribution is -2.13. The zero-order chi connectivity index (χ0) is 13.2. The van der Waals surface area contributed by atoms with Crippen molar-refractivity contribution in [3.63, 3.8) is 0 Å². The third kappa shape index (κ3) is 2.47. The Labute approximate surface area is 117 Å². The fourth-order valence-electron chi connectivity index (χ4n) is 2.45. The average molecular weight is 269 g/mol. The molecule has 2 aromatic carbocycles. The molecular formula is C17H13ClO. The number of carbonyl (C=O) groups excluding carboxylic acids is 1. The Kier molecular flexibility index (Phi) is 3.22. The van der Waals surface area contributed by atoms with E-state index in [1.165, 1.54) is 0 Å². The molecule has 94 valence electrons. The molecule has 3 rings (SSSR count). The second-order valence-electron chi connectivity index (χ2n) is 4.71. The number of allylic oxidation sites excluding steroid dienone is 1. The number of hydrogen-bond donors (Lipinski definition) is 0. The normalized spacial score (nSPS) is 16.5. The zero-order valence-electron chi connectivity index (χ0n) is 10.4. The fourth-order valence-corrected chi connectivity index (χ4v) is 2.65. The van der Waals surface area contributed by atoms with E-state index in [2.05, 4.69) is 0 Å². The Balaban J connectivity index is 1.98. The highest BCUT2D eigenvalue weighted by molar-refractivity contribution is 6.30. The molecule has 1 nitrogen and oxygen atoms in total. The maximum Gasteiger partial charge on any atom is 0.189 e. The summed E-state index contributed by atoms with van der Waals surface area (Å²) in [5, 5.41) is 0.693. The molecule has 0 aliphatic heterocycles. The second-order valence-corrected chi connectivity index (χ2v) is 5.15. The van der Waals surface area contributed by atoms with E-state index in [0.717, 1.165) is 35.1 Å². The molecule has 0 spiro atoms. The monoisotopic (exact) mass is 268 g/mol. The number of fused-ring (bicyclic) bond motifs is 1. The van der Waals surface area contributed by atoms with E-state index < -0.39 is 0 Å². The highest BCUT2D eigenvalue weighted by Crippen LogP contribution is 2.26. The van der Waals surface area contributed by atoms with Gasteiger partial charge in [-0.25, -0.2) is 0 Å². The first-order chi connectivity index (χ1) is 9.24. The Bertz CT molecular complexity index is 670. The van der Waals surface area contributed by atoms with Crippen molar-refractivity contribution in [2.75, 3.05) is 0 Å². The molecule has 2 heteroatoms. The van der Waals surface area contributed by atoms with Crippen molar-refractivity contribution in [1.29, 1.82) is 0 Å². The highest BCUT2D eigenvalue weighted by atomic mass is 35.5. The van der Waals surface area contributed by atoms with Crippen LogP contribution in [0, 0.1) is 0 Å². The van der Waals surface area contributed by atoms with Gasteiger partial charge >= 0.3 is 0 Å². The standard InChI is InChI=1S/C17H13ClO/c18-15-6-3-4-12(11-15)10-14-9-8-13-5-1-2-7-16(13)17(14)19/h1-7,10-11H,8-9H2/b14-10+. The summed E-state index contributed by atoms with van der Waals surface area (Å²) in [4.78, 5) is 12.4. The van der Waals surface area contributed by atoms with Gasteiger partial charge in [-0.2, -0.15) is 0 Å². The van der Waals surface area contributed by atoms with E-state index in [-0.39, 0.29) is 5.78 Å². The Morgan fingerprint density at radius 2 is 1.84 bits per heavy atom. The number of aryl methyl sites for hydroxylation is 1. The van der Waals surface area contributed by atoms with Gasteiger partial charge in [0.2, 0.25) is 0 Å². The molecule has 2 aromatic rings. The minimum Gasteiger partial charge on any atom is -0.289 e. The lowest BCUT2D eigenvalue weighted by atomic mass is 9.86. The minimum absolute atomic E-state index is 0.141. The smallest absolute Gasteiger partial charge is 0.189 e. The molecule has 0 atom stereocenters. The number of Topliss-reactive ketones (excluding diaryl/α,β-unsaturated/α-hetero) is 1. The van der Waals surface area contributed by atoms with E-state index in [1.54, 1.807) is 0 Å². The summed E-state index contributed by atoms with van der Waals surface area (Å²) in [5.41, 5.74) is 3.83. The van der Waals surface area contributed by atoms with Crippen LogP contribution in [0.25, 0.3) is 6.08 Å². The van der Waals surface area contributed by atoms with Crippen LogP contribution in [-0.4, -0.2) is 5.78 Å². The number of hydrogen-bond acceptors (Lipinski definition) is 1. The van der Waals surface area contributed by atoms with Crippen molar-refractivity contribution in [3.05, 3.63) is 75.8 Å². The van der Waals surface area contributed by atoms with Crippen LogP contribution >= 0.6 is 11.6 Å². The predicted octanol–water partition coefficient (Wildman–Crippen LogP) is 4.55. The molecule has 0 saturated heterocycles. The molecule has 1 aliphatic rings. The van der Waals surface area contributed by atoms with Crippen LogP contribution in [-0.2, 0) is 6.42 Å². The first-order valence-electron chi connectivity index (χ1n) is 6.33. The van der Waals surface area contributed by atoms with Crippen molar-refractivity contribution in [1.82, 2.24) is 0 Å².